The molecule has 0 aromatic carbocycles. The Kier molecular flexibility index (Phi) is 15.2. The van der Waals surface area contributed by atoms with Crippen LogP contribution in [0, 0.1) is 0 Å². The Hall–Kier alpha value is -0.460. The average Bonchev–Trinajstić information content (AvgIpc) is 2.41. The first-order valence-electron chi connectivity index (χ1n) is 8.61. The van der Waals surface area contributed by atoms with Crippen LogP contribution >= 0.6 is 0 Å². The smallest absolute Gasteiger partial charge is 0.0888 e. The number of ether oxygens (including phenoxy) is 1. The summed E-state index contributed by atoms with van der Waals surface area (Å²) in [6, 6.07) is 0. The molecular formula is C18H36O. The van der Waals surface area contributed by atoms with Gasteiger partial charge in [0.05, 0.1) is 12.4 Å². The van der Waals surface area contributed by atoms with Crippen LogP contribution in [0.4, 0.5) is 0 Å². The zero-order valence-corrected chi connectivity index (χ0v) is 13.5. The molecule has 0 amide bonds. The lowest BCUT2D eigenvalue weighted by Gasteiger charge is -2.09. The van der Waals surface area contributed by atoms with Gasteiger partial charge in [0.15, 0.2) is 0 Å². The van der Waals surface area contributed by atoms with Gasteiger partial charge in [-0.2, -0.15) is 0 Å². The maximum absolute atomic E-state index is 5.68. The van der Waals surface area contributed by atoms with Gasteiger partial charge in [-0.1, -0.05) is 84.6 Å². The monoisotopic (exact) mass is 268 g/mol. The van der Waals surface area contributed by atoms with Gasteiger partial charge in [-0.25, -0.2) is 0 Å². The lowest BCUT2D eigenvalue weighted by molar-refractivity contribution is 0.195. The van der Waals surface area contributed by atoms with Gasteiger partial charge in [-0.05, 0) is 12.8 Å². The van der Waals surface area contributed by atoms with Gasteiger partial charge in [0, 0.05) is 6.42 Å². The molecule has 114 valence electrons. The third-order valence-electron chi connectivity index (χ3n) is 3.61. The van der Waals surface area contributed by atoms with Crippen LogP contribution in [0.25, 0.3) is 0 Å². The fourth-order valence-corrected chi connectivity index (χ4v) is 2.27. The summed E-state index contributed by atoms with van der Waals surface area (Å²) in [5, 5.41) is 0. The van der Waals surface area contributed by atoms with E-state index < -0.39 is 0 Å². The Balaban J connectivity index is 3.12. The van der Waals surface area contributed by atoms with Crippen molar-refractivity contribution in [3.8, 4) is 0 Å². The van der Waals surface area contributed by atoms with Crippen LogP contribution in [0.15, 0.2) is 12.3 Å². The van der Waals surface area contributed by atoms with Gasteiger partial charge >= 0.3 is 0 Å². The van der Waals surface area contributed by atoms with Crippen LogP contribution in [0.1, 0.15) is 97.3 Å². The quantitative estimate of drug-likeness (QED) is 0.239. The number of allylic oxidation sites excluding steroid dienone is 1. The molecule has 0 unspecified atom stereocenters. The number of unbranched alkanes of at least 4 members (excludes halogenated alkanes) is 10. The van der Waals surface area contributed by atoms with E-state index in [0.717, 1.165) is 18.8 Å². The van der Waals surface area contributed by atoms with Gasteiger partial charge in [0.25, 0.3) is 0 Å². The fraction of sp³-hybridized carbons (Fsp3) is 0.889. The number of hydrogen-bond acceptors (Lipinski definition) is 1. The largest absolute Gasteiger partial charge is 0.499 e. The minimum absolute atomic E-state index is 0.877. The third-order valence-corrected chi connectivity index (χ3v) is 3.61. The lowest BCUT2D eigenvalue weighted by atomic mass is 10.1. The van der Waals surface area contributed by atoms with E-state index in [0.29, 0.717) is 0 Å². The molecule has 0 heterocycles. The molecule has 0 aliphatic rings. The summed E-state index contributed by atoms with van der Waals surface area (Å²) in [6.45, 7) is 9.40. The molecule has 0 aromatic heterocycles. The van der Waals surface area contributed by atoms with Crippen molar-refractivity contribution in [1.29, 1.82) is 0 Å². The highest BCUT2D eigenvalue weighted by Crippen LogP contribution is 2.12. The first-order chi connectivity index (χ1) is 9.31. The minimum atomic E-state index is 0.877. The second kappa shape index (κ2) is 15.6. The van der Waals surface area contributed by atoms with E-state index in [4.69, 9.17) is 4.74 Å². The van der Waals surface area contributed by atoms with E-state index in [2.05, 4.69) is 20.4 Å². The second-order valence-corrected chi connectivity index (χ2v) is 5.67. The predicted octanol–water partition coefficient (Wildman–Crippen LogP) is 6.63. The Morgan fingerprint density at radius 3 is 1.74 bits per heavy atom. The van der Waals surface area contributed by atoms with E-state index in [1.54, 1.807) is 0 Å². The first kappa shape index (κ1) is 18.5. The van der Waals surface area contributed by atoms with Crippen molar-refractivity contribution in [2.75, 3.05) is 6.61 Å². The molecule has 1 nitrogen and oxygen atoms in total. The number of hydrogen-bond donors (Lipinski definition) is 0. The van der Waals surface area contributed by atoms with Crippen LogP contribution in [0.3, 0.4) is 0 Å². The summed E-state index contributed by atoms with van der Waals surface area (Å²) in [7, 11) is 0. The molecule has 0 spiro atoms. The third kappa shape index (κ3) is 15.5. The Morgan fingerprint density at radius 1 is 0.684 bits per heavy atom. The van der Waals surface area contributed by atoms with Gasteiger partial charge in [-0.15, -0.1) is 0 Å². The Morgan fingerprint density at radius 2 is 1.16 bits per heavy atom. The van der Waals surface area contributed by atoms with Crippen molar-refractivity contribution < 1.29 is 4.74 Å². The molecule has 0 N–H and O–H groups in total. The second-order valence-electron chi connectivity index (χ2n) is 5.67. The minimum Gasteiger partial charge on any atom is -0.499 e. The SMILES string of the molecule is C=C(CCCCCCC)OCCCCCCCCC. The van der Waals surface area contributed by atoms with Crippen LogP contribution in [0.5, 0.6) is 0 Å². The highest BCUT2D eigenvalue weighted by atomic mass is 16.5. The van der Waals surface area contributed by atoms with Crippen molar-refractivity contribution in [3.63, 3.8) is 0 Å². The van der Waals surface area contributed by atoms with Crippen LogP contribution < -0.4 is 0 Å². The van der Waals surface area contributed by atoms with Crippen molar-refractivity contribution in [2.45, 2.75) is 97.3 Å². The summed E-state index contributed by atoms with van der Waals surface area (Å²) in [4.78, 5) is 0. The van der Waals surface area contributed by atoms with E-state index in [9.17, 15) is 0 Å². The highest BCUT2D eigenvalue weighted by molar-refractivity contribution is 4.81. The maximum atomic E-state index is 5.68. The van der Waals surface area contributed by atoms with E-state index in [-0.39, 0.29) is 0 Å². The summed E-state index contributed by atoms with van der Waals surface area (Å²) in [6.07, 6.45) is 17.1. The number of rotatable bonds is 15. The molecule has 0 bridgehead atoms. The average molecular weight is 268 g/mol. The zero-order valence-electron chi connectivity index (χ0n) is 13.5. The van der Waals surface area contributed by atoms with Crippen LogP contribution in [-0.2, 0) is 4.74 Å². The van der Waals surface area contributed by atoms with Crippen LogP contribution in [-0.4, -0.2) is 6.61 Å². The summed E-state index contributed by atoms with van der Waals surface area (Å²) >= 11 is 0. The van der Waals surface area contributed by atoms with Gasteiger partial charge in [-0.3, -0.25) is 0 Å². The molecule has 0 aliphatic carbocycles. The molecular weight excluding hydrogens is 232 g/mol. The van der Waals surface area contributed by atoms with Gasteiger partial charge < -0.3 is 4.74 Å². The maximum Gasteiger partial charge on any atom is 0.0888 e. The predicted molar refractivity (Wildman–Crippen MR) is 86.5 cm³/mol. The molecule has 1 heteroatoms. The molecule has 0 saturated heterocycles. The van der Waals surface area contributed by atoms with Crippen molar-refractivity contribution in [1.82, 2.24) is 0 Å². The van der Waals surface area contributed by atoms with E-state index in [1.165, 1.54) is 77.0 Å². The van der Waals surface area contributed by atoms with Gasteiger partial charge in [0.1, 0.15) is 0 Å². The first-order valence-corrected chi connectivity index (χ1v) is 8.61. The summed E-state index contributed by atoms with van der Waals surface area (Å²) in [5.74, 6) is 1.00. The van der Waals surface area contributed by atoms with Gasteiger partial charge in [0.2, 0.25) is 0 Å². The molecule has 0 aliphatic heterocycles. The topological polar surface area (TPSA) is 9.23 Å². The summed E-state index contributed by atoms with van der Waals surface area (Å²) in [5.41, 5.74) is 0. The van der Waals surface area contributed by atoms with E-state index >= 15 is 0 Å². The molecule has 0 saturated carbocycles. The van der Waals surface area contributed by atoms with Crippen molar-refractivity contribution >= 4 is 0 Å². The van der Waals surface area contributed by atoms with Crippen LogP contribution in [0.2, 0.25) is 0 Å². The summed E-state index contributed by atoms with van der Waals surface area (Å²) < 4.78 is 5.68. The molecule has 0 radical (unpaired) electrons. The molecule has 0 fully saturated rings. The Bertz CT molecular complexity index is 186. The molecule has 0 atom stereocenters. The standard InChI is InChI=1S/C18H36O/c1-4-6-8-10-11-13-15-17-19-18(3)16-14-12-9-7-5-2/h3-17H2,1-2H3. The molecule has 0 rings (SSSR count). The molecule has 0 aromatic rings. The normalized spacial score (nSPS) is 10.6. The Labute approximate surface area is 121 Å². The van der Waals surface area contributed by atoms with Crippen molar-refractivity contribution in [3.05, 3.63) is 12.3 Å². The molecule has 19 heavy (non-hydrogen) atoms. The highest BCUT2D eigenvalue weighted by Gasteiger charge is 1.97. The van der Waals surface area contributed by atoms with E-state index in [1.807, 2.05) is 0 Å². The lowest BCUT2D eigenvalue weighted by Crippen LogP contribution is -1.95. The zero-order chi connectivity index (χ0) is 14.2. The van der Waals surface area contributed by atoms with Crippen molar-refractivity contribution in [2.24, 2.45) is 0 Å². The fourth-order valence-electron chi connectivity index (χ4n) is 2.27.